The maximum atomic E-state index is 12.2. The lowest BCUT2D eigenvalue weighted by Crippen LogP contribution is -2.25. The van der Waals surface area contributed by atoms with Gasteiger partial charge in [0.2, 0.25) is 0 Å². The third kappa shape index (κ3) is 6.07. The number of ether oxygens (including phenoxy) is 2. The molecule has 0 aliphatic carbocycles. The highest BCUT2D eigenvalue weighted by Crippen LogP contribution is 2.37. The molecule has 2 N–H and O–H groups in total. The summed E-state index contributed by atoms with van der Waals surface area (Å²) in [5.74, 6) is 0.520. The van der Waals surface area contributed by atoms with Crippen LogP contribution in [0.3, 0.4) is 0 Å². The summed E-state index contributed by atoms with van der Waals surface area (Å²) in [6, 6.07) is 26.6. The molecule has 0 spiro atoms. The van der Waals surface area contributed by atoms with Crippen molar-refractivity contribution >= 4 is 38.8 Å². The molecule has 0 aromatic heterocycles. The summed E-state index contributed by atoms with van der Waals surface area (Å²) in [5, 5.41) is 16.5. The predicted octanol–water partition coefficient (Wildman–Crippen LogP) is 5.76. The van der Waals surface area contributed by atoms with Crippen LogP contribution in [0.25, 0.3) is 10.8 Å². The first-order valence-corrected chi connectivity index (χ1v) is 12.0. The first kappa shape index (κ1) is 24.4. The van der Waals surface area contributed by atoms with Gasteiger partial charge in [0, 0.05) is 0 Å². The fourth-order valence-electron chi connectivity index (χ4n) is 3.65. The number of fused-ring (bicyclic) bond motifs is 1. The number of halogens is 1. The molecule has 7 heteroatoms. The minimum absolute atomic E-state index is 0.376. The first-order valence-electron chi connectivity index (χ1n) is 11.2. The molecule has 0 fully saturated rings. The van der Waals surface area contributed by atoms with Gasteiger partial charge in [0.15, 0.2) is 17.6 Å². The van der Waals surface area contributed by atoms with Crippen molar-refractivity contribution in [2.24, 2.45) is 5.10 Å². The Morgan fingerprint density at radius 2 is 1.77 bits per heavy atom. The van der Waals surface area contributed by atoms with E-state index in [0.29, 0.717) is 40.3 Å². The molecule has 1 amide bonds. The van der Waals surface area contributed by atoms with E-state index < -0.39 is 12.0 Å². The Hall–Kier alpha value is -3.68. The second kappa shape index (κ2) is 11.6. The van der Waals surface area contributed by atoms with Crippen molar-refractivity contribution in [2.75, 3.05) is 6.61 Å². The molecule has 0 saturated heterocycles. The first-order chi connectivity index (χ1) is 17.1. The summed E-state index contributed by atoms with van der Waals surface area (Å²) >= 11 is 3.57. The van der Waals surface area contributed by atoms with E-state index in [4.69, 9.17) is 9.47 Å². The van der Waals surface area contributed by atoms with Crippen molar-refractivity contribution in [3.8, 4) is 11.5 Å². The lowest BCUT2D eigenvalue weighted by atomic mass is 10.1. The van der Waals surface area contributed by atoms with Crippen LogP contribution >= 0.6 is 15.9 Å². The lowest BCUT2D eigenvalue weighted by molar-refractivity contribution is -0.129. The fraction of sp³-hybridized carbons (Fsp3) is 0.143. The van der Waals surface area contributed by atoms with Gasteiger partial charge in [-0.15, -0.1) is 0 Å². The second-order valence-electron chi connectivity index (χ2n) is 7.74. The Kier molecular flexibility index (Phi) is 8.13. The normalized spacial score (nSPS) is 12.0. The molecule has 0 aliphatic heterocycles. The van der Waals surface area contributed by atoms with Crippen molar-refractivity contribution in [3.05, 3.63) is 106 Å². The lowest BCUT2D eigenvalue weighted by Gasteiger charge is -2.15. The number of aliphatic hydroxyl groups excluding tert-OH is 1. The average Bonchev–Trinajstić information content (AvgIpc) is 2.88. The molecule has 0 aliphatic rings. The van der Waals surface area contributed by atoms with Gasteiger partial charge in [0.25, 0.3) is 5.91 Å². The van der Waals surface area contributed by atoms with Crippen LogP contribution < -0.4 is 14.9 Å². The molecular formula is C28H25BrN2O4. The number of rotatable bonds is 9. The maximum Gasteiger partial charge on any atom is 0.273 e. The summed E-state index contributed by atoms with van der Waals surface area (Å²) < 4.78 is 12.7. The largest absolute Gasteiger partial charge is 0.490 e. The van der Waals surface area contributed by atoms with Gasteiger partial charge in [-0.25, -0.2) is 5.43 Å². The summed E-state index contributed by atoms with van der Waals surface area (Å²) in [5.41, 5.74) is 4.63. The van der Waals surface area contributed by atoms with Crippen molar-refractivity contribution in [2.45, 2.75) is 19.6 Å². The number of hydrogen-bond acceptors (Lipinski definition) is 5. The number of amides is 1. The monoisotopic (exact) mass is 532 g/mol. The second-order valence-corrected chi connectivity index (χ2v) is 8.59. The zero-order valence-corrected chi connectivity index (χ0v) is 20.7. The molecular weight excluding hydrogens is 508 g/mol. The molecule has 4 aromatic rings. The summed E-state index contributed by atoms with van der Waals surface area (Å²) in [7, 11) is 0. The molecule has 0 radical (unpaired) electrons. The van der Waals surface area contributed by atoms with Gasteiger partial charge in [-0.2, -0.15) is 5.10 Å². The molecule has 35 heavy (non-hydrogen) atoms. The van der Waals surface area contributed by atoms with Crippen molar-refractivity contribution in [3.63, 3.8) is 0 Å². The van der Waals surface area contributed by atoms with Crippen LogP contribution in [-0.2, 0) is 11.4 Å². The topological polar surface area (TPSA) is 80.2 Å². The van der Waals surface area contributed by atoms with Crippen LogP contribution in [0.5, 0.6) is 11.5 Å². The number of carbonyl (C=O) groups is 1. The summed E-state index contributed by atoms with van der Waals surface area (Å²) in [4.78, 5) is 12.2. The predicted molar refractivity (Wildman–Crippen MR) is 141 cm³/mol. The Labute approximate surface area is 212 Å². The van der Waals surface area contributed by atoms with Gasteiger partial charge in [0.1, 0.15) is 6.61 Å². The number of hydrazone groups is 1. The van der Waals surface area contributed by atoms with Crippen LogP contribution in [0, 0.1) is 0 Å². The SMILES string of the molecule is CCOc1cc(/C=N\NC(=O)[C@@H](O)c2ccccc2)cc(Br)c1OCc1cccc2ccccc12. The van der Waals surface area contributed by atoms with Crippen molar-refractivity contribution < 1.29 is 19.4 Å². The van der Waals surface area contributed by atoms with Crippen LogP contribution in [0.15, 0.2) is 94.5 Å². The summed E-state index contributed by atoms with van der Waals surface area (Å²) in [6.07, 6.45) is 0.182. The summed E-state index contributed by atoms with van der Waals surface area (Å²) in [6.45, 7) is 2.73. The number of nitrogens with zero attached hydrogens (tertiary/aromatic N) is 1. The number of aliphatic hydroxyl groups is 1. The van der Waals surface area contributed by atoms with E-state index in [-0.39, 0.29) is 0 Å². The molecule has 178 valence electrons. The molecule has 4 rings (SSSR count). The van der Waals surface area contributed by atoms with Gasteiger partial charge in [0.05, 0.1) is 17.3 Å². The Morgan fingerprint density at radius 1 is 1.03 bits per heavy atom. The Bertz CT molecular complexity index is 1340. The fourth-order valence-corrected chi connectivity index (χ4v) is 4.23. The van der Waals surface area contributed by atoms with Gasteiger partial charge >= 0.3 is 0 Å². The standard InChI is InChI=1S/C28H25BrN2O4/c1-2-34-25-16-19(17-30-31-28(33)26(32)21-10-4-3-5-11-21)15-24(29)27(25)35-18-22-13-8-12-20-9-6-7-14-23(20)22/h3-17,26,32H,2,18H2,1H3,(H,31,33)/b30-17-/t26-/m0/s1. The van der Waals surface area contributed by atoms with Crippen LogP contribution in [-0.4, -0.2) is 23.8 Å². The third-order valence-electron chi connectivity index (χ3n) is 5.34. The molecule has 1 atom stereocenters. The minimum atomic E-state index is -1.30. The van der Waals surface area contributed by atoms with Crippen molar-refractivity contribution in [1.82, 2.24) is 5.43 Å². The van der Waals surface area contributed by atoms with E-state index in [1.807, 2.05) is 43.3 Å². The number of benzene rings is 4. The van der Waals surface area contributed by atoms with Gasteiger partial charge in [-0.3, -0.25) is 4.79 Å². The number of nitrogens with one attached hydrogen (secondary N) is 1. The highest BCUT2D eigenvalue weighted by molar-refractivity contribution is 9.10. The van der Waals surface area contributed by atoms with E-state index in [2.05, 4.69) is 44.7 Å². The van der Waals surface area contributed by atoms with E-state index in [1.54, 1.807) is 30.3 Å². The number of hydrogen-bond donors (Lipinski definition) is 2. The molecule has 0 saturated carbocycles. The third-order valence-corrected chi connectivity index (χ3v) is 5.92. The van der Waals surface area contributed by atoms with Gasteiger partial charge in [-0.1, -0.05) is 72.8 Å². The molecule has 0 unspecified atom stereocenters. The minimum Gasteiger partial charge on any atom is -0.490 e. The van der Waals surface area contributed by atoms with Gasteiger partial charge < -0.3 is 14.6 Å². The number of carbonyl (C=O) groups excluding carboxylic acids is 1. The Balaban J connectivity index is 1.48. The maximum absolute atomic E-state index is 12.2. The zero-order chi connectivity index (χ0) is 24.6. The Morgan fingerprint density at radius 3 is 2.57 bits per heavy atom. The molecule has 0 bridgehead atoms. The molecule has 0 heterocycles. The van der Waals surface area contributed by atoms with Crippen LogP contribution in [0.2, 0.25) is 0 Å². The van der Waals surface area contributed by atoms with Crippen molar-refractivity contribution in [1.29, 1.82) is 0 Å². The molecule has 6 nitrogen and oxygen atoms in total. The zero-order valence-electron chi connectivity index (χ0n) is 19.1. The van der Waals surface area contributed by atoms with Gasteiger partial charge in [-0.05, 0) is 62.4 Å². The van der Waals surface area contributed by atoms with E-state index in [9.17, 15) is 9.90 Å². The average molecular weight is 533 g/mol. The van der Waals surface area contributed by atoms with Crippen LogP contribution in [0.1, 0.15) is 29.7 Å². The highest BCUT2D eigenvalue weighted by atomic mass is 79.9. The van der Waals surface area contributed by atoms with E-state index >= 15 is 0 Å². The molecule has 4 aromatic carbocycles. The van der Waals surface area contributed by atoms with E-state index in [1.165, 1.54) is 6.21 Å². The smallest absolute Gasteiger partial charge is 0.273 e. The highest BCUT2D eigenvalue weighted by Gasteiger charge is 2.16. The van der Waals surface area contributed by atoms with E-state index in [0.717, 1.165) is 16.3 Å². The quantitative estimate of drug-likeness (QED) is 0.212. The van der Waals surface area contributed by atoms with Crippen LogP contribution in [0.4, 0.5) is 0 Å².